The normalized spacial score (nSPS) is 18.7. The first-order valence-corrected chi connectivity index (χ1v) is 4.33. The van der Waals surface area contributed by atoms with Crippen LogP contribution in [0.2, 0.25) is 0 Å². The third kappa shape index (κ3) is 0.947. The van der Waals surface area contributed by atoms with Gasteiger partial charge in [0.05, 0.1) is 0 Å². The van der Waals surface area contributed by atoms with E-state index >= 15 is 0 Å². The van der Waals surface area contributed by atoms with Crippen molar-refractivity contribution in [3.8, 4) is 0 Å². The van der Waals surface area contributed by atoms with Gasteiger partial charge in [-0.15, -0.1) is 0 Å². The zero-order valence-corrected chi connectivity index (χ0v) is 5.48. The molecule has 31 valence electrons. The summed E-state index contributed by atoms with van der Waals surface area (Å²) >= 11 is 0.215. The molecule has 1 heteroatoms. The van der Waals surface area contributed by atoms with Crippen molar-refractivity contribution in [3.63, 3.8) is 0 Å². The van der Waals surface area contributed by atoms with Crippen molar-refractivity contribution in [2.45, 2.75) is 0 Å². The first kappa shape index (κ1) is 4.08. The van der Waals surface area contributed by atoms with E-state index < -0.39 is 0 Å². The molecule has 1 atom stereocenters. The fourth-order valence-corrected chi connectivity index (χ4v) is 1.51. The average Bonchev–Trinajstić information content (AvgIpc) is 1.72. The Kier molecular flexibility index (Phi) is 1.46. The molecular weight excluding hydrogens is 135 g/mol. The molecule has 1 radical (unpaired) electrons. The SMILES string of the molecule is C1=CC=[AsH]C=C1. The fourth-order valence-electron chi connectivity index (χ4n) is 0.342. The van der Waals surface area contributed by atoms with Gasteiger partial charge in [-0.25, -0.2) is 0 Å². The quantitative estimate of drug-likeness (QED) is 0.426. The van der Waals surface area contributed by atoms with Gasteiger partial charge in [-0.1, -0.05) is 0 Å². The Balaban J connectivity index is 2.77. The van der Waals surface area contributed by atoms with Crippen LogP contribution in [0.1, 0.15) is 0 Å². The summed E-state index contributed by atoms with van der Waals surface area (Å²) in [5.41, 5.74) is 0. The summed E-state index contributed by atoms with van der Waals surface area (Å²) in [5, 5.41) is 0. The number of allylic oxidation sites excluding steroid dienone is 3. The van der Waals surface area contributed by atoms with Crippen molar-refractivity contribution < 1.29 is 0 Å². The zero-order chi connectivity index (χ0) is 4.24. The molecule has 0 amide bonds. The Bertz CT molecular complexity index is 73.3. The van der Waals surface area contributed by atoms with Crippen LogP contribution in [0.3, 0.4) is 0 Å². The van der Waals surface area contributed by atoms with Crippen molar-refractivity contribution in [3.05, 3.63) is 23.1 Å². The maximum absolute atomic E-state index is 2.25. The molecule has 0 N–H and O–H groups in total. The van der Waals surface area contributed by atoms with Crippen molar-refractivity contribution in [2.75, 3.05) is 0 Å². The van der Waals surface area contributed by atoms with Gasteiger partial charge in [0.25, 0.3) is 0 Å². The second-order valence-corrected chi connectivity index (χ2v) is 3.18. The second-order valence-electron chi connectivity index (χ2n) is 1.08. The fraction of sp³-hybridized carbons (Fsp3) is 0. The molecule has 0 saturated carbocycles. The monoisotopic (exact) mass is 141 g/mol. The van der Waals surface area contributed by atoms with Crippen molar-refractivity contribution in [1.29, 1.82) is 0 Å². The van der Waals surface area contributed by atoms with Crippen LogP contribution in [0.5, 0.6) is 0 Å². The predicted octanol–water partition coefficient (Wildman–Crippen LogP) is 0.309. The minimum absolute atomic E-state index is 0.215. The summed E-state index contributed by atoms with van der Waals surface area (Å²) in [6.07, 6.45) is 6.28. The van der Waals surface area contributed by atoms with E-state index in [1.165, 1.54) is 0 Å². The molecule has 0 aromatic rings. The van der Waals surface area contributed by atoms with Gasteiger partial charge in [0.1, 0.15) is 0 Å². The van der Waals surface area contributed by atoms with Gasteiger partial charge >= 0.3 is 43.2 Å². The average molecular weight is 141 g/mol. The van der Waals surface area contributed by atoms with Crippen LogP contribution in [0.4, 0.5) is 0 Å². The Morgan fingerprint density at radius 2 is 2.00 bits per heavy atom. The molecule has 0 aliphatic carbocycles. The Hall–Kier alpha value is -0.0916. The zero-order valence-electron chi connectivity index (χ0n) is 3.39. The summed E-state index contributed by atoms with van der Waals surface area (Å²) in [6, 6.07) is 0. The third-order valence-electron chi connectivity index (χ3n) is 0.607. The van der Waals surface area contributed by atoms with E-state index in [0.717, 1.165) is 0 Å². The van der Waals surface area contributed by atoms with Crippen molar-refractivity contribution >= 4 is 20.1 Å². The van der Waals surface area contributed by atoms with Gasteiger partial charge in [0, 0.05) is 0 Å². The molecule has 0 spiro atoms. The van der Waals surface area contributed by atoms with E-state index in [1.807, 2.05) is 0 Å². The topological polar surface area (TPSA) is 0 Å². The van der Waals surface area contributed by atoms with Gasteiger partial charge < -0.3 is 0 Å². The minimum atomic E-state index is 0.215. The summed E-state index contributed by atoms with van der Waals surface area (Å²) in [4.78, 5) is 4.50. The van der Waals surface area contributed by atoms with Gasteiger partial charge in [0.2, 0.25) is 0 Å². The summed E-state index contributed by atoms with van der Waals surface area (Å²) < 4.78 is 0. The van der Waals surface area contributed by atoms with Crippen LogP contribution < -0.4 is 0 Å². The predicted molar refractivity (Wildman–Crippen MR) is 31.5 cm³/mol. The molecule has 6 heavy (non-hydrogen) atoms. The Morgan fingerprint density at radius 1 is 1.00 bits per heavy atom. The molecule has 1 aliphatic heterocycles. The van der Waals surface area contributed by atoms with Crippen LogP contribution in [0, 0.1) is 0 Å². The molecule has 0 aromatic carbocycles. The molecule has 1 rings (SSSR count). The molecule has 0 bridgehead atoms. The third-order valence-corrected chi connectivity index (χ3v) is 2.22. The van der Waals surface area contributed by atoms with E-state index in [2.05, 4.69) is 27.9 Å². The molecule has 1 heterocycles. The molecular formula is C5H6As. The van der Waals surface area contributed by atoms with Crippen LogP contribution in [-0.4, -0.2) is 20.1 Å². The molecule has 0 saturated heterocycles. The van der Waals surface area contributed by atoms with E-state index in [1.54, 1.807) is 0 Å². The molecule has 1 aliphatic rings. The van der Waals surface area contributed by atoms with E-state index in [9.17, 15) is 0 Å². The van der Waals surface area contributed by atoms with Gasteiger partial charge in [-0.3, -0.25) is 0 Å². The standard InChI is InChI=1S/C5H6As/c1-2-4-6-5-3-1/h1-6H. The van der Waals surface area contributed by atoms with Crippen molar-refractivity contribution in [1.82, 2.24) is 0 Å². The maximum atomic E-state index is 2.25. The summed E-state index contributed by atoms with van der Waals surface area (Å²) in [6.45, 7) is 0. The number of hydrogen-bond acceptors (Lipinski definition) is 0. The number of rotatable bonds is 0. The van der Waals surface area contributed by atoms with Crippen molar-refractivity contribution in [2.24, 2.45) is 0 Å². The van der Waals surface area contributed by atoms with E-state index in [-0.39, 0.29) is 15.3 Å². The van der Waals surface area contributed by atoms with Crippen LogP contribution in [0.15, 0.2) is 23.1 Å². The van der Waals surface area contributed by atoms with Crippen LogP contribution in [0.25, 0.3) is 0 Å². The summed E-state index contributed by atoms with van der Waals surface area (Å²) in [7, 11) is 0. The van der Waals surface area contributed by atoms with Crippen LogP contribution in [-0.2, 0) is 0 Å². The molecule has 0 nitrogen and oxygen atoms in total. The summed E-state index contributed by atoms with van der Waals surface area (Å²) in [5.74, 6) is 0. The van der Waals surface area contributed by atoms with Crippen LogP contribution >= 0.6 is 0 Å². The first-order chi connectivity index (χ1) is 3.00. The Morgan fingerprint density at radius 3 is 2.17 bits per heavy atom. The second kappa shape index (κ2) is 2.15. The first-order valence-electron chi connectivity index (χ1n) is 1.91. The number of hydrogen-bond donors (Lipinski definition) is 0. The molecule has 0 fully saturated rings. The van der Waals surface area contributed by atoms with E-state index in [0.29, 0.717) is 0 Å². The van der Waals surface area contributed by atoms with E-state index in [4.69, 9.17) is 0 Å². The van der Waals surface area contributed by atoms with Gasteiger partial charge in [-0.2, -0.15) is 0 Å². The molecule has 0 aromatic heterocycles. The molecule has 1 unspecified atom stereocenters. The Labute approximate surface area is 43.8 Å². The van der Waals surface area contributed by atoms with Gasteiger partial charge in [0.15, 0.2) is 0 Å². The van der Waals surface area contributed by atoms with Gasteiger partial charge in [-0.05, 0) is 0 Å².